The van der Waals surface area contributed by atoms with Crippen molar-refractivity contribution in [3.63, 3.8) is 0 Å². The van der Waals surface area contributed by atoms with Crippen molar-refractivity contribution >= 4 is 5.91 Å². The fraction of sp³-hybridized carbons (Fsp3) is 0.667. The molecule has 0 aromatic carbocycles. The molecule has 5 nitrogen and oxygen atoms in total. The quantitative estimate of drug-likeness (QED) is 0.801. The second-order valence-corrected chi connectivity index (χ2v) is 5.64. The smallest absolute Gasteiger partial charge is 0.254 e. The van der Waals surface area contributed by atoms with E-state index >= 15 is 0 Å². The van der Waals surface area contributed by atoms with Crippen LogP contribution in [0.25, 0.3) is 0 Å². The Hall–Kier alpha value is -1.33. The highest BCUT2D eigenvalue weighted by Crippen LogP contribution is 2.40. The largest absolute Gasteiger partial charge is 0.467 e. The summed E-state index contributed by atoms with van der Waals surface area (Å²) in [6.45, 7) is 1.77. The Kier molecular flexibility index (Phi) is 5.20. The summed E-state index contributed by atoms with van der Waals surface area (Å²) in [5.74, 6) is 0.544. The molecular weight excluding hydrogens is 256 g/mol. The Balaban J connectivity index is 1.90. The van der Waals surface area contributed by atoms with Gasteiger partial charge >= 0.3 is 0 Å². The van der Waals surface area contributed by atoms with E-state index in [-0.39, 0.29) is 11.3 Å². The van der Waals surface area contributed by atoms with Crippen molar-refractivity contribution in [3.8, 4) is 0 Å². The molecule has 1 aromatic rings. The lowest BCUT2D eigenvalue weighted by Crippen LogP contribution is -2.36. The maximum Gasteiger partial charge on any atom is 0.254 e. The molecule has 2 rings (SSSR count). The van der Waals surface area contributed by atoms with Gasteiger partial charge in [-0.25, -0.2) is 0 Å². The summed E-state index contributed by atoms with van der Waals surface area (Å²) in [5.41, 5.74) is 6.22. The molecule has 112 valence electrons. The average molecular weight is 280 g/mol. The van der Waals surface area contributed by atoms with Crippen molar-refractivity contribution in [1.29, 1.82) is 0 Å². The van der Waals surface area contributed by atoms with E-state index < -0.39 is 0 Å². The molecule has 0 spiro atoms. The van der Waals surface area contributed by atoms with Crippen LogP contribution in [-0.2, 0) is 11.3 Å². The van der Waals surface area contributed by atoms with Gasteiger partial charge in [-0.2, -0.15) is 0 Å². The van der Waals surface area contributed by atoms with Crippen LogP contribution < -0.4 is 11.1 Å². The monoisotopic (exact) mass is 280 g/mol. The van der Waals surface area contributed by atoms with Crippen LogP contribution in [0.1, 0.15) is 48.2 Å². The summed E-state index contributed by atoms with van der Waals surface area (Å²) in [6.07, 6.45) is 7.27. The highest BCUT2D eigenvalue weighted by molar-refractivity contribution is 5.93. The zero-order valence-corrected chi connectivity index (χ0v) is 12.1. The van der Waals surface area contributed by atoms with E-state index in [4.69, 9.17) is 14.9 Å². The Bertz CT molecular complexity index is 436. The molecule has 1 heterocycles. The molecule has 0 atom stereocenters. The van der Waals surface area contributed by atoms with Crippen LogP contribution in [0.15, 0.2) is 16.7 Å². The Labute approximate surface area is 119 Å². The Morgan fingerprint density at radius 2 is 2.25 bits per heavy atom. The number of hydrogen-bond donors (Lipinski definition) is 2. The average Bonchev–Trinajstić information content (AvgIpc) is 3.12. The molecule has 0 radical (unpaired) electrons. The zero-order chi connectivity index (χ0) is 14.4. The third kappa shape index (κ3) is 3.61. The number of ether oxygens (including phenoxy) is 1. The number of rotatable bonds is 7. The van der Waals surface area contributed by atoms with Gasteiger partial charge in [0.15, 0.2) is 0 Å². The predicted molar refractivity (Wildman–Crippen MR) is 76.3 cm³/mol. The Morgan fingerprint density at radius 1 is 1.50 bits per heavy atom. The summed E-state index contributed by atoms with van der Waals surface area (Å²) in [4.78, 5) is 12.1. The number of furan rings is 1. The lowest BCUT2D eigenvalue weighted by atomic mass is 9.83. The normalized spacial score (nSPS) is 17.3. The van der Waals surface area contributed by atoms with Gasteiger partial charge in [0, 0.05) is 20.3 Å². The van der Waals surface area contributed by atoms with Crippen LogP contribution in [-0.4, -0.2) is 26.2 Å². The SMILES string of the molecule is COCCC1(CNC(=O)c2coc(CN)c2)CCCC1. The molecule has 0 saturated heterocycles. The van der Waals surface area contributed by atoms with Crippen molar-refractivity contribution in [1.82, 2.24) is 5.32 Å². The fourth-order valence-corrected chi connectivity index (χ4v) is 2.94. The first-order valence-corrected chi connectivity index (χ1v) is 7.24. The topological polar surface area (TPSA) is 77.5 Å². The van der Waals surface area contributed by atoms with Gasteiger partial charge < -0.3 is 20.2 Å². The van der Waals surface area contributed by atoms with Crippen LogP contribution in [0.3, 0.4) is 0 Å². The van der Waals surface area contributed by atoms with Crippen LogP contribution in [0.2, 0.25) is 0 Å². The first kappa shape index (κ1) is 15.1. The summed E-state index contributed by atoms with van der Waals surface area (Å²) in [5, 5.41) is 3.03. The molecule has 1 aliphatic rings. The lowest BCUT2D eigenvalue weighted by Gasteiger charge is -2.28. The van der Waals surface area contributed by atoms with E-state index in [9.17, 15) is 4.79 Å². The molecule has 1 aromatic heterocycles. The highest BCUT2D eigenvalue weighted by atomic mass is 16.5. The number of methoxy groups -OCH3 is 1. The Morgan fingerprint density at radius 3 is 2.85 bits per heavy atom. The summed E-state index contributed by atoms with van der Waals surface area (Å²) >= 11 is 0. The first-order valence-electron chi connectivity index (χ1n) is 7.24. The van der Waals surface area contributed by atoms with Gasteiger partial charge in [-0.15, -0.1) is 0 Å². The van der Waals surface area contributed by atoms with Crippen LogP contribution in [0.5, 0.6) is 0 Å². The molecule has 0 bridgehead atoms. The van der Waals surface area contributed by atoms with Crippen molar-refractivity contribution < 1.29 is 13.9 Å². The van der Waals surface area contributed by atoms with Crippen LogP contribution in [0.4, 0.5) is 0 Å². The number of carbonyl (C=O) groups excluding carboxylic acids is 1. The second-order valence-electron chi connectivity index (χ2n) is 5.64. The molecule has 1 fully saturated rings. The minimum atomic E-state index is -0.0860. The second kappa shape index (κ2) is 6.90. The third-order valence-corrected chi connectivity index (χ3v) is 4.24. The number of amides is 1. The van der Waals surface area contributed by atoms with Crippen molar-refractivity contribution in [3.05, 3.63) is 23.7 Å². The summed E-state index contributed by atoms with van der Waals surface area (Å²) in [6, 6.07) is 1.70. The summed E-state index contributed by atoms with van der Waals surface area (Å²) in [7, 11) is 1.72. The predicted octanol–water partition coefficient (Wildman–Crippen LogP) is 2.06. The molecule has 1 amide bonds. The molecule has 1 saturated carbocycles. The van der Waals surface area contributed by atoms with Gasteiger partial charge in [-0.05, 0) is 30.7 Å². The van der Waals surface area contributed by atoms with E-state index in [0.717, 1.165) is 25.9 Å². The first-order chi connectivity index (χ1) is 9.69. The van der Waals surface area contributed by atoms with Gasteiger partial charge in [0.2, 0.25) is 0 Å². The molecule has 0 aliphatic heterocycles. The van der Waals surface area contributed by atoms with E-state index in [0.29, 0.717) is 24.4 Å². The van der Waals surface area contributed by atoms with Crippen molar-refractivity contribution in [2.75, 3.05) is 20.3 Å². The molecule has 5 heteroatoms. The molecule has 3 N–H and O–H groups in total. The minimum Gasteiger partial charge on any atom is -0.467 e. The van der Waals surface area contributed by atoms with E-state index in [1.165, 1.54) is 19.1 Å². The van der Waals surface area contributed by atoms with Gasteiger partial charge in [0.1, 0.15) is 12.0 Å². The van der Waals surface area contributed by atoms with Gasteiger partial charge in [-0.3, -0.25) is 4.79 Å². The molecule has 20 heavy (non-hydrogen) atoms. The standard InChI is InChI=1S/C15H24N2O3/c1-19-7-6-15(4-2-3-5-15)11-17-14(18)12-8-13(9-16)20-10-12/h8,10H,2-7,9,11,16H2,1H3,(H,17,18). The minimum absolute atomic E-state index is 0.0860. The van der Waals surface area contributed by atoms with Crippen LogP contribution >= 0.6 is 0 Å². The number of carbonyl (C=O) groups is 1. The number of nitrogens with two attached hydrogens (primary N) is 1. The van der Waals surface area contributed by atoms with Gasteiger partial charge in [0.25, 0.3) is 5.91 Å². The summed E-state index contributed by atoms with van der Waals surface area (Å²) < 4.78 is 10.4. The number of nitrogens with one attached hydrogen (secondary N) is 1. The highest BCUT2D eigenvalue weighted by Gasteiger charge is 2.33. The van der Waals surface area contributed by atoms with Crippen LogP contribution in [0, 0.1) is 5.41 Å². The van der Waals surface area contributed by atoms with Crippen molar-refractivity contribution in [2.24, 2.45) is 11.1 Å². The molecule has 0 unspecified atom stereocenters. The van der Waals surface area contributed by atoms with Gasteiger partial charge in [0.05, 0.1) is 12.1 Å². The lowest BCUT2D eigenvalue weighted by molar-refractivity contribution is 0.0902. The maximum absolute atomic E-state index is 12.1. The van der Waals surface area contributed by atoms with E-state index in [1.54, 1.807) is 13.2 Å². The van der Waals surface area contributed by atoms with Gasteiger partial charge in [-0.1, -0.05) is 12.8 Å². The van der Waals surface area contributed by atoms with E-state index in [1.807, 2.05) is 0 Å². The van der Waals surface area contributed by atoms with E-state index in [2.05, 4.69) is 5.32 Å². The number of hydrogen-bond acceptors (Lipinski definition) is 4. The third-order valence-electron chi connectivity index (χ3n) is 4.24. The molecular formula is C15H24N2O3. The fourth-order valence-electron chi connectivity index (χ4n) is 2.94. The van der Waals surface area contributed by atoms with Crippen molar-refractivity contribution in [2.45, 2.75) is 38.6 Å². The molecule has 1 aliphatic carbocycles. The maximum atomic E-state index is 12.1. The zero-order valence-electron chi connectivity index (χ0n) is 12.1.